The highest BCUT2D eigenvalue weighted by Gasteiger charge is 2.03. The van der Waals surface area contributed by atoms with Gasteiger partial charge in [0, 0.05) is 18.3 Å². The molecule has 94 valence electrons. The van der Waals surface area contributed by atoms with Crippen LogP contribution in [-0.4, -0.2) is 10.1 Å². The molecule has 0 amide bonds. The largest absolute Gasteiger partial charge is 0.439 e. The summed E-state index contributed by atoms with van der Waals surface area (Å²) in [5.41, 5.74) is 7.63. The molecule has 0 bridgehead atoms. The van der Waals surface area contributed by atoms with Crippen LogP contribution in [0.3, 0.4) is 0 Å². The Balaban J connectivity index is 2.15. The summed E-state index contributed by atoms with van der Waals surface area (Å²) in [7, 11) is 0. The minimum Gasteiger partial charge on any atom is -0.439 e. The van der Waals surface area contributed by atoms with Crippen molar-refractivity contribution in [3.05, 3.63) is 53.7 Å². The second-order valence-corrected chi connectivity index (χ2v) is 4.12. The smallest absolute Gasteiger partial charge is 0.219 e. The first-order chi connectivity index (χ1) is 8.69. The van der Waals surface area contributed by atoms with Crippen molar-refractivity contribution >= 4 is 0 Å². The zero-order valence-corrected chi connectivity index (χ0v) is 10.2. The molecule has 18 heavy (non-hydrogen) atoms. The van der Waals surface area contributed by atoms with Gasteiger partial charge in [0.15, 0.2) is 0 Å². The lowest BCUT2D eigenvalue weighted by Gasteiger charge is -2.09. The number of nitrogens with zero attached hydrogens (tertiary/aromatic N) is 1. The number of aliphatic hydroxyl groups excluding tert-OH is 1. The van der Waals surface area contributed by atoms with Crippen molar-refractivity contribution in [3.63, 3.8) is 0 Å². The van der Waals surface area contributed by atoms with E-state index in [1.165, 1.54) is 0 Å². The molecule has 0 radical (unpaired) electrons. The molecule has 0 aliphatic carbocycles. The molecule has 4 nitrogen and oxygen atoms in total. The summed E-state index contributed by atoms with van der Waals surface area (Å²) in [6, 6.07) is 10.9. The van der Waals surface area contributed by atoms with Gasteiger partial charge < -0.3 is 15.6 Å². The lowest BCUT2D eigenvalue weighted by atomic mass is 10.1. The van der Waals surface area contributed by atoms with Crippen molar-refractivity contribution in [2.45, 2.75) is 19.6 Å². The lowest BCUT2D eigenvalue weighted by Crippen LogP contribution is -2.05. The molecule has 0 aliphatic heterocycles. The van der Waals surface area contributed by atoms with E-state index in [9.17, 15) is 0 Å². The first kappa shape index (κ1) is 12.5. The van der Waals surface area contributed by atoms with E-state index in [-0.39, 0.29) is 12.6 Å². The van der Waals surface area contributed by atoms with E-state index in [1.54, 1.807) is 18.3 Å². The fourth-order valence-electron chi connectivity index (χ4n) is 1.55. The molecule has 0 aliphatic rings. The van der Waals surface area contributed by atoms with Gasteiger partial charge in [-0.1, -0.05) is 12.1 Å². The summed E-state index contributed by atoms with van der Waals surface area (Å²) in [6.07, 6.45) is 1.68. The second-order valence-electron chi connectivity index (χ2n) is 4.12. The van der Waals surface area contributed by atoms with Gasteiger partial charge in [-0.05, 0) is 36.2 Å². The highest BCUT2D eigenvalue weighted by Crippen LogP contribution is 2.22. The molecule has 2 aromatic rings. The van der Waals surface area contributed by atoms with Crippen LogP contribution in [0.1, 0.15) is 24.1 Å². The van der Waals surface area contributed by atoms with Crippen molar-refractivity contribution in [3.8, 4) is 11.6 Å². The van der Waals surface area contributed by atoms with Crippen LogP contribution in [0.15, 0.2) is 42.6 Å². The zero-order valence-electron chi connectivity index (χ0n) is 10.2. The van der Waals surface area contributed by atoms with Gasteiger partial charge in [0.05, 0.1) is 6.61 Å². The molecule has 3 N–H and O–H groups in total. The first-order valence-electron chi connectivity index (χ1n) is 5.78. The standard InChI is InChI=1S/C14H16N2O2/c1-10(15)12-6-7-16-14(8-12)18-13-4-2-11(9-17)3-5-13/h2-8,10,17H,9,15H2,1H3/t10-/m0/s1. The Hall–Kier alpha value is -1.91. The number of rotatable bonds is 4. The van der Waals surface area contributed by atoms with Gasteiger partial charge in [0.1, 0.15) is 5.75 Å². The average Bonchev–Trinajstić information content (AvgIpc) is 2.40. The van der Waals surface area contributed by atoms with Crippen molar-refractivity contribution in [2.24, 2.45) is 5.73 Å². The van der Waals surface area contributed by atoms with Crippen LogP contribution < -0.4 is 10.5 Å². The summed E-state index contributed by atoms with van der Waals surface area (Å²) in [6.45, 7) is 1.94. The van der Waals surface area contributed by atoms with Crippen LogP contribution in [-0.2, 0) is 6.61 Å². The minimum absolute atomic E-state index is 0.0265. The zero-order chi connectivity index (χ0) is 13.0. The Bertz CT molecular complexity index is 509. The Morgan fingerprint density at radius 2 is 2.00 bits per heavy atom. The quantitative estimate of drug-likeness (QED) is 0.866. The SMILES string of the molecule is C[C@H](N)c1ccnc(Oc2ccc(CO)cc2)c1. The number of ether oxygens (including phenoxy) is 1. The van der Waals surface area contributed by atoms with Crippen LogP contribution in [0.2, 0.25) is 0 Å². The molecule has 1 atom stereocenters. The van der Waals surface area contributed by atoms with Crippen LogP contribution in [0.5, 0.6) is 11.6 Å². The van der Waals surface area contributed by atoms with E-state index < -0.39 is 0 Å². The molecular weight excluding hydrogens is 228 g/mol. The van der Waals surface area contributed by atoms with Crippen LogP contribution >= 0.6 is 0 Å². The van der Waals surface area contributed by atoms with Crippen molar-refractivity contribution in [1.29, 1.82) is 0 Å². The molecule has 0 saturated heterocycles. The van der Waals surface area contributed by atoms with E-state index >= 15 is 0 Å². The number of aliphatic hydroxyl groups is 1. The first-order valence-corrected chi connectivity index (χ1v) is 5.78. The van der Waals surface area contributed by atoms with E-state index in [0.29, 0.717) is 11.6 Å². The van der Waals surface area contributed by atoms with E-state index in [0.717, 1.165) is 11.1 Å². The minimum atomic E-state index is -0.0490. The maximum absolute atomic E-state index is 8.95. The summed E-state index contributed by atoms with van der Waals surface area (Å²) in [5.74, 6) is 1.20. The maximum Gasteiger partial charge on any atom is 0.219 e. The fourth-order valence-corrected chi connectivity index (χ4v) is 1.55. The third kappa shape index (κ3) is 3.06. The third-order valence-electron chi connectivity index (χ3n) is 2.61. The van der Waals surface area contributed by atoms with Crippen molar-refractivity contribution < 1.29 is 9.84 Å². The third-order valence-corrected chi connectivity index (χ3v) is 2.61. The normalized spacial score (nSPS) is 12.2. The lowest BCUT2D eigenvalue weighted by molar-refractivity contribution is 0.281. The number of benzene rings is 1. The Kier molecular flexibility index (Phi) is 3.92. The summed E-state index contributed by atoms with van der Waals surface area (Å²) >= 11 is 0. The van der Waals surface area contributed by atoms with Crippen LogP contribution in [0.4, 0.5) is 0 Å². The average molecular weight is 244 g/mol. The second kappa shape index (κ2) is 5.62. The number of nitrogens with two attached hydrogens (primary N) is 1. The Morgan fingerprint density at radius 3 is 2.61 bits per heavy atom. The monoisotopic (exact) mass is 244 g/mol. The van der Waals surface area contributed by atoms with Gasteiger partial charge in [0.25, 0.3) is 0 Å². The molecule has 0 spiro atoms. The number of hydrogen-bond donors (Lipinski definition) is 2. The highest BCUT2D eigenvalue weighted by atomic mass is 16.5. The van der Waals surface area contributed by atoms with Gasteiger partial charge >= 0.3 is 0 Å². The van der Waals surface area contributed by atoms with Crippen molar-refractivity contribution in [1.82, 2.24) is 4.98 Å². The summed E-state index contributed by atoms with van der Waals surface area (Å²) in [4.78, 5) is 4.13. The van der Waals surface area contributed by atoms with Gasteiger partial charge in [-0.3, -0.25) is 0 Å². The van der Waals surface area contributed by atoms with Gasteiger partial charge in [-0.25, -0.2) is 4.98 Å². The molecule has 4 heteroatoms. The van der Waals surface area contributed by atoms with Gasteiger partial charge in [-0.15, -0.1) is 0 Å². The summed E-state index contributed by atoms with van der Waals surface area (Å²) < 4.78 is 5.62. The molecular formula is C14H16N2O2. The Morgan fingerprint density at radius 1 is 1.28 bits per heavy atom. The maximum atomic E-state index is 8.95. The molecule has 0 unspecified atom stereocenters. The summed E-state index contributed by atoms with van der Waals surface area (Å²) in [5, 5.41) is 8.95. The van der Waals surface area contributed by atoms with Gasteiger partial charge in [-0.2, -0.15) is 0 Å². The van der Waals surface area contributed by atoms with Crippen LogP contribution in [0.25, 0.3) is 0 Å². The molecule has 1 aromatic carbocycles. The molecule has 0 saturated carbocycles. The van der Waals surface area contributed by atoms with Gasteiger partial charge in [0.2, 0.25) is 5.88 Å². The Labute approximate surface area is 106 Å². The van der Waals surface area contributed by atoms with Crippen LogP contribution in [0, 0.1) is 0 Å². The predicted octanol–water partition coefficient (Wildman–Crippen LogP) is 2.39. The number of hydrogen-bond acceptors (Lipinski definition) is 4. The predicted molar refractivity (Wildman–Crippen MR) is 69.3 cm³/mol. The van der Waals surface area contributed by atoms with E-state index in [2.05, 4.69) is 4.98 Å². The number of pyridine rings is 1. The molecule has 0 fully saturated rings. The fraction of sp³-hybridized carbons (Fsp3) is 0.214. The van der Waals surface area contributed by atoms with E-state index in [4.69, 9.17) is 15.6 Å². The van der Waals surface area contributed by atoms with Crippen molar-refractivity contribution in [2.75, 3.05) is 0 Å². The molecule has 1 aromatic heterocycles. The molecule has 2 rings (SSSR count). The number of aromatic nitrogens is 1. The molecule has 1 heterocycles. The topological polar surface area (TPSA) is 68.4 Å². The highest BCUT2D eigenvalue weighted by molar-refractivity contribution is 5.31. The van der Waals surface area contributed by atoms with E-state index in [1.807, 2.05) is 31.2 Å².